The molecular weight excluding hydrogens is 855 g/mol. The summed E-state index contributed by atoms with van der Waals surface area (Å²) < 4.78 is 11.2. The van der Waals surface area contributed by atoms with Gasteiger partial charge >= 0.3 is 0 Å². The molecule has 0 aromatic heterocycles. The first-order chi connectivity index (χ1) is 33.3. The summed E-state index contributed by atoms with van der Waals surface area (Å²) in [6, 6.07) is -0.889. The molecule has 0 spiro atoms. The number of carbonyl (C=O) groups excluding carboxylic acids is 1. The lowest BCUT2D eigenvalue weighted by molar-refractivity contribution is -0.302. The minimum atomic E-state index is -1.59. The van der Waals surface area contributed by atoms with Gasteiger partial charge in [0, 0.05) is 0 Å². The van der Waals surface area contributed by atoms with E-state index < -0.39 is 61.5 Å². The highest BCUT2D eigenvalue weighted by molar-refractivity contribution is 5.80. The molecule has 0 aliphatic carbocycles. The lowest BCUT2D eigenvalue weighted by Crippen LogP contribution is -2.60. The number of nitrogens with one attached hydrogen (secondary N) is 1. The van der Waals surface area contributed by atoms with Crippen molar-refractivity contribution in [3.63, 3.8) is 0 Å². The molecule has 7 N–H and O–H groups in total. The Balaban J connectivity index is 2.15. The van der Waals surface area contributed by atoms with E-state index in [0.29, 0.717) is 12.8 Å². The SMILES string of the molecule is CCCCCCCCCCCCCCCCCCCCCCCCCCCCCCCC(O)C(=O)NC(COC1OC(CO)C(O)C(O)C1O)C(O)CCCCCCCCCCCCCCCC. The lowest BCUT2D eigenvalue weighted by Gasteiger charge is -2.40. The molecule has 10 nitrogen and oxygen atoms in total. The summed E-state index contributed by atoms with van der Waals surface area (Å²) in [5.41, 5.74) is 0. The van der Waals surface area contributed by atoms with E-state index in [-0.39, 0.29) is 6.61 Å². The van der Waals surface area contributed by atoms with Gasteiger partial charge in [0.25, 0.3) is 0 Å². The Morgan fingerprint density at radius 1 is 0.441 bits per heavy atom. The maximum absolute atomic E-state index is 13.1. The van der Waals surface area contributed by atoms with Gasteiger partial charge in [0.15, 0.2) is 6.29 Å². The predicted octanol–water partition coefficient (Wildman–Crippen LogP) is 13.6. The third kappa shape index (κ3) is 37.0. The fourth-order valence-electron chi connectivity index (χ4n) is 10.00. The van der Waals surface area contributed by atoms with Crippen molar-refractivity contribution in [2.45, 2.75) is 352 Å². The minimum absolute atomic E-state index is 0.249. The standard InChI is InChI=1S/C58H115NO9/c1-3-5-7-9-11-13-15-17-19-20-21-22-23-24-25-26-27-28-29-30-31-32-33-35-37-39-41-43-45-47-52(62)57(66)59-50(49-67-58-56(65)55(64)54(63)53(48-60)68-58)51(61)46-44-42-40-38-36-34-18-16-14-12-10-8-6-4-2/h50-56,58,60-65H,3-49H2,1-2H3,(H,59,66). The first kappa shape index (κ1) is 65.2. The average Bonchev–Trinajstić information content (AvgIpc) is 3.34. The van der Waals surface area contributed by atoms with Crippen molar-refractivity contribution in [3.8, 4) is 0 Å². The maximum atomic E-state index is 13.1. The second-order valence-electron chi connectivity index (χ2n) is 21.3. The van der Waals surface area contributed by atoms with Crippen LogP contribution in [0.1, 0.15) is 303 Å². The van der Waals surface area contributed by atoms with Crippen molar-refractivity contribution in [1.82, 2.24) is 5.32 Å². The van der Waals surface area contributed by atoms with Crippen molar-refractivity contribution in [2.75, 3.05) is 13.2 Å². The van der Waals surface area contributed by atoms with Crippen LogP contribution in [0.15, 0.2) is 0 Å². The van der Waals surface area contributed by atoms with E-state index in [2.05, 4.69) is 19.2 Å². The van der Waals surface area contributed by atoms with Crippen LogP contribution in [-0.4, -0.2) is 98.7 Å². The molecule has 1 amide bonds. The van der Waals surface area contributed by atoms with Crippen molar-refractivity contribution in [3.05, 3.63) is 0 Å². The first-order valence-electron chi connectivity index (χ1n) is 29.8. The van der Waals surface area contributed by atoms with E-state index in [4.69, 9.17) is 9.47 Å². The predicted molar refractivity (Wildman–Crippen MR) is 283 cm³/mol. The van der Waals surface area contributed by atoms with Crippen molar-refractivity contribution < 1.29 is 44.9 Å². The highest BCUT2D eigenvalue weighted by atomic mass is 16.7. The third-order valence-electron chi connectivity index (χ3n) is 14.8. The van der Waals surface area contributed by atoms with Gasteiger partial charge in [-0.2, -0.15) is 0 Å². The summed E-state index contributed by atoms with van der Waals surface area (Å²) in [4.78, 5) is 13.1. The van der Waals surface area contributed by atoms with Gasteiger partial charge < -0.3 is 45.4 Å². The zero-order chi connectivity index (χ0) is 49.6. The Morgan fingerprint density at radius 2 is 0.735 bits per heavy atom. The summed E-state index contributed by atoms with van der Waals surface area (Å²) in [5, 5.41) is 65.2. The third-order valence-corrected chi connectivity index (χ3v) is 14.8. The van der Waals surface area contributed by atoms with Gasteiger partial charge in [0.1, 0.15) is 30.5 Å². The van der Waals surface area contributed by atoms with Crippen LogP contribution in [-0.2, 0) is 14.3 Å². The summed E-state index contributed by atoms with van der Waals surface area (Å²) in [6.45, 7) is 3.71. The molecule has 10 heteroatoms. The van der Waals surface area contributed by atoms with Crippen LogP contribution >= 0.6 is 0 Å². The van der Waals surface area contributed by atoms with Gasteiger partial charge in [-0.25, -0.2) is 0 Å². The van der Waals surface area contributed by atoms with E-state index in [1.54, 1.807) is 0 Å². The molecule has 1 saturated heterocycles. The van der Waals surface area contributed by atoms with Crippen LogP contribution in [0.25, 0.3) is 0 Å². The molecule has 8 unspecified atom stereocenters. The molecule has 1 heterocycles. The molecule has 0 aromatic carbocycles. The quantitative estimate of drug-likeness (QED) is 0.0293. The van der Waals surface area contributed by atoms with Crippen LogP contribution in [0, 0.1) is 0 Å². The number of ether oxygens (including phenoxy) is 2. The van der Waals surface area contributed by atoms with Crippen LogP contribution in [0.4, 0.5) is 0 Å². The molecule has 0 aromatic rings. The van der Waals surface area contributed by atoms with E-state index in [1.807, 2.05) is 0 Å². The molecule has 0 bridgehead atoms. The van der Waals surface area contributed by atoms with Gasteiger partial charge in [0.05, 0.1) is 25.4 Å². The molecule has 406 valence electrons. The van der Waals surface area contributed by atoms with E-state index >= 15 is 0 Å². The smallest absolute Gasteiger partial charge is 0.249 e. The number of aliphatic hydroxyl groups excluding tert-OH is 6. The fraction of sp³-hybridized carbons (Fsp3) is 0.983. The average molecular weight is 971 g/mol. The molecular formula is C58H115NO9. The number of hydrogen-bond donors (Lipinski definition) is 7. The van der Waals surface area contributed by atoms with Gasteiger partial charge in [-0.05, 0) is 12.8 Å². The molecule has 68 heavy (non-hydrogen) atoms. The largest absolute Gasteiger partial charge is 0.394 e. The Kier molecular flexibility index (Phi) is 46.4. The number of aliphatic hydroxyl groups is 6. The van der Waals surface area contributed by atoms with Crippen LogP contribution in [0.5, 0.6) is 0 Å². The summed E-state index contributed by atoms with van der Waals surface area (Å²) in [6.07, 6.45) is 47.5. The Hall–Kier alpha value is -0.850. The van der Waals surface area contributed by atoms with Crippen molar-refractivity contribution >= 4 is 5.91 Å². The van der Waals surface area contributed by atoms with Crippen LogP contribution < -0.4 is 5.32 Å². The van der Waals surface area contributed by atoms with E-state index in [0.717, 1.165) is 38.5 Å². The normalized spacial score (nSPS) is 19.9. The number of rotatable bonds is 52. The molecule has 0 saturated carbocycles. The minimum Gasteiger partial charge on any atom is -0.394 e. The van der Waals surface area contributed by atoms with Crippen LogP contribution in [0.3, 0.4) is 0 Å². The zero-order valence-corrected chi connectivity index (χ0v) is 44.8. The monoisotopic (exact) mass is 970 g/mol. The lowest BCUT2D eigenvalue weighted by atomic mass is 9.99. The Labute approximate surface area is 419 Å². The van der Waals surface area contributed by atoms with E-state index in [1.165, 1.54) is 238 Å². The second kappa shape index (κ2) is 48.4. The highest BCUT2D eigenvalue weighted by Gasteiger charge is 2.44. The highest BCUT2D eigenvalue weighted by Crippen LogP contribution is 2.24. The van der Waals surface area contributed by atoms with Gasteiger partial charge in [-0.3, -0.25) is 4.79 Å². The van der Waals surface area contributed by atoms with E-state index in [9.17, 15) is 35.4 Å². The molecule has 1 rings (SSSR count). The van der Waals surface area contributed by atoms with Gasteiger partial charge in [-0.15, -0.1) is 0 Å². The first-order valence-corrected chi connectivity index (χ1v) is 29.8. The number of carbonyl (C=O) groups is 1. The van der Waals surface area contributed by atoms with Crippen LogP contribution in [0.2, 0.25) is 0 Å². The van der Waals surface area contributed by atoms with Gasteiger partial charge in [-0.1, -0.05) is 290 Å². The summed E-state index contributed by atoms with van der Waals surface area (Å²) >= 11 is 0. The van der Waals surface area contributed by atoms with Crippen molar-refractivity contribution in [1.29, 1.82) is 0 Å². The summed E-state index contributed by atoms with van der Waals surface area (Å²) in [5.74, 6) is -0.576. The van der Waals surface area contributed by atoms with Gasteiger partial charge in [0.2, 0.25) is 5.91 Å². The molecule has 1 fully saturated rings. The molecule has 1 aliphatic heterocycles. The zero-order valence-electron chi connectivity index (χ0n) is 44.8. The Morgan fingerprint density at radius 3 is 1.04 bits per heavy atom. The topological polar surface area (TPSA) is 169 Å². The summed E-state index contributed by atoms with van der Waals surface area (Å²) in [7, 11) is 0. The van der Waals surface area contributed by atoms with Crippen molar-refractivity contribution in [2.24, 2.45) is 0 Å². The molecule has 1 aliphatic rings. The Bertz CT molecular complexity index is 1050. The second-order valence-corrected chi connectivity index (χ2v) is 21.3. The molecule has 0 radical (unpaired) electrons. The number of hydrogen-bond acceptors (Lipinski definition) is 9. The number of unbranched alkanes of at least 4 members (excludes halogenated alkanes) is 41. The fourth-order valence-corrected chi connectivity index (χ4v) is 10.00. The number of amides is 1. The maximum Gasteiger partial charge on any atom is 0.249 e. The molecule has 8 atom stereocenters.